The number of thioether (sulfide) groups is 1. The number of carboxylic acids is 1. The van der Waals surface area contributed by atoms with E-state index in [4.69, 9.17) is 5.11 Å². The molecule has 0 unspecified atom stereocenters. The minimum Gasteiger partial charge on any atom is -0.481 e. The Hall–Kier alpha value is -0.970. The molecule has 0 saturated heterocycles. The number of hydrogen-bond donors (Lipinski definition) is 2. The van der Waals surface area contributed by atoms with Crippen LogP contribution >= 0.6 is 11.8 Å². The molecule has 1 rings (SSSR count). The molecule has 0 bridgehead atoms. The van der Waals surface area contributed by atoms with Gasteiger partial charge in [0.05, 0.1) is 5.92 Å². The van der Waals surface area contributed by atoms with Crippen LogP contribution in [0, 0.1) is 11.8 Å². The van der Waals surface area contributed by atoms with Gasteiger partial charge in [0.25, 0.3) is 0 Å². The molecule has 0 heterocycles. The molecule has 0 aromatic heterocycles. The summed E-state index contributed by atoms with van der Waals surface area (Å²) in [4.78, 5) is 22.6. The van der Waals surface area contributed by atoms with Crippen LogP contribution in [0.4, 0.5) is 0 Å². The zero-order chi connectivity index (χ0) is 13.4. The van der Waals surface area contributed by atoms with E-state index >= 15 is 0 Å². The van der Waals surface area contributed by atoms with Gasteiger partial charge in [0, 0.05) is 24.0 Å². The molecule has 1 saturated carbocycles. The number of rotatable bonds is 7. The summed E-state index contributed by atoms with van der Waals surface area (Å²) in [7, 11) is 0. The van der Waals surface area contributed by atoms with Crippen molar-refractivity contribution in [3.8, 4) is 0 Å². The number of aliphatic carboxylic acids is 1. The molecule has 1 aliphatic rings. The van der Waals surface area contributed by atoms with Gasteiger partial charge in [-0.15, -0.1) is 6.58 Å². The zero-order valence-corrected chi connectivity index (χ0v) is 11.4. The summed E-state index contributed by atoms with van der Waals surface area (Å²) < 4.78 is 0. The van der Waals surface area contributed by atoms with Crippen molar-refractivity contribution in [2.24, 2.45) is 11.8 Å². The molecule has 0 radical (unpaired) electrons. The van der Waals surface area contributed by atoms with E-state index in [9.17, 15) is 9.59 Å². The first-order valence-corrected chi connectivity index (χ1v) is 7.49. The van der Waals surface area contributed by atoms with Gasteiger partial charge in [0.15, 0.2) is 0 Å². The van der Waals surface area contributed by atoms with Gasteiger partial charge in [0.2, 0.25) is 5.91 Å². The Kier molecular flexibility index (Phi) is 6.86. The Morgan fingerprint density at radius 1 is 1.28 bits per heavy atom. The predicted molar refractivity (Wildman–Crippen MR) is 73.6 cm³/mol. The summed E-state index contributed by atoms with van der Waals surface area (Å²) in [5.41, 5.74) is 0. The van der Waals surface area contributed by atoms with E-state index in [0.717, 1.165) is 11.5 Å². The maximum Gasteiger partial charge on any atom is 0.306 e. The van der Waals surface area contributed by atoms with Gasteiger partial charge < -0.3 is 10.4 Å². The van der Waals surface area contributed by atoms with Crippen molar-refractivity contribution in [3.05, 3.63) is 12.7 Å². The summed E-state index contributed by atoms with van der Waals surface area (Å²) in [6, 6.07) is 0. The van der Waals surface area contributed by atoms with Gasteiger partial charge in [-0.1, -0.05) is 6.08 Å². The Morgan fingerprint density at radius 2 is 1.89 bits per heavy atom. The maximum absolute atomic E-state index is 11.8. The summed E-state index contributed by atoms with van der Waals surface area (Å²) in [6.45, 7) is 4.31. The van der Waals surface area contributed by atoms with Crippen LogP contribution in [0.1, 0.15) is 25.7 Å². The fourth-order valence-electron chi connectivity index (χ4n) is 2.16. The number of carbonyl (C=O) groups excluding carboxylic acids is 1. The van der Waals surface area contributed by atoms with Crippen molar-refractivity contribution in [1.82, 2.24) is 5.32 Å². The number of amides is 1. The highest BCUT2D eigenvalue weighted by molar-refractivity contribution is 7.99. The minimum absolute atomic E-state index is 0.00463. The molecule has 0 atom stereocenters. The van der Waals surface area contributed by atoms with Crippen LogP contribution in [0.3, 0.4) is 0 Å². The highest BCUT2D eigenvalue weighted by Crippen LogP contribution is 2.28. The molecule has 1 fully saturated rings. The molecule has 1 amide bonds. The molecule has 4 nitrogen and oxygen atoms in total. The smallest absolute Gasteiger partial charge is 0.306 e. The second-order valence-corrected chi connectivity index (χ2v) is 5.69. The van der Waals surface area contributed by atoms with Crippen LogP contribution in [0.25, 0.3) is 0 Å². The van der Waals surface area contributed by atoms with Gasteiger partial charge in [0.1, 0.15) is 0 Å². The Balaban J connectivity index is 2.16. The Bertz CT molecular complexity index is 299. The van der Waals surface area contributed by atoms with Gasteiger partial charge in [-0.25, -0.2) is 0 Å². The van der Waals surface area contributed by atoms with Gasteiger partial charge >= 0.3 is 5.97 Å². The van der Waals surface area contributed by atoms with E-state index < -0.39 is 5.97 Å². The average Bonchev–Trinajstić information content (AvgIpc) is 2.38. The fourth-order valence-corrected chi connectivity index (χ4v) is 2.74. The lowest BCUT2D eigenvalue weighted by Crippen LogP contribution is -2.35. The van der Waals surface area contributed by atoms with Crippen LogP contribution in [0.2, 0.25) is 0 Å². The molecular formula is C13H21NO3S. The number of carbonyl (C=O) groups is 2. The van der Waals surface area contributed by atoms with E-state index in [1.54, 1.807) is 11.8 Å². The molecule has 2 N–H and O–H groups in total. The molecule has 5 heteroatoms. The second-order valence-electron chi connectivity index (χ2n) is 4.54. The minimum atomic E-state index is -0.727. The first kappa shape index (κ1) is 15.1. The largest absolute Gasteiger partial charge is 0.481 e. The van der Waals surface area contributed by atoms with Crippen LogP contribution < -0.4 is 5.32 Å². The second kappa shape index (κ2) is 8.19. The third kappa shape index (κ3) is 5.12. The molecule has 102 valence electrons. The molecule has 0 aromatic carbocycles. The molecule has 0 aromatic rings. The summed E-state index contributed by atoms with van der Waals surface area (Å²) in [5, 5.41) is 11.8. The van der Waals surface area contributed by atoms with E-state index in [1.807, 2.05) is 6.08 Å². The SMILES string of the molecule is C=CCSCCNC(=O)C1CCC(C(=O)O)CC1. The predicted octanol–water partition coefficient (Wildman–Crippen LogP) is 1.91. The van der Waals surface area contributed by atoms with Crippen molar-refractivity contribution in [3.63, 3.8) is 0 Å². The quantitative estimate of drug-likeness (QED) is 0.548. The van der Waals surface area contributed by atoms with Crippen molar-refractivity contribution in [1.29, 1.82) is 0 Å². The monoisotopic (exact) mass is 271 g/mol. The van der Waals surface area contributed by atoms with Gasteiger partial charge in [-0.05, 0) is 25.7 Å². The molecule has 0 spiro atoms. The molecule has 0 aliphatic heterocycles. The third-order valence-corrected chi connectivity index (χ3v) is 4.19. The number of carboxylic acid groups (broad SMARTS) is 1. The van der Waals surface area contributed by atoms with Gasteiger partial charge in [-0.3, -0.25) is 9.59 Å². The number of nitrogens with one attached hydrogen (secondary N) is 1. The van der Waals surface area contributed by atoms with Gasteiger partial charge in [-0.2, -0.15) is 11.8 Å². The lowest BCUT2D eigenvalue weighted by Gasteiger charge is -2.25. The molecular weight excluding hydrogens is 250 g/mol. The number of hydrogen-bond acceptors (Lipinski definition) is 3. The van der Waals surface area contributed by atoms with Crippen LogP contribution in [-0.2, 0) is 9.59 Å². The summed E-state index contributed by atoms with van der Waals surface area (Å²) >= 11 is 1.74. The van der Waals surface area contributed by atoms with E-state index in [0.29, 0.717) is 32.2 Å². The van der Waals surface area contributed by atoms with Crippen molar-refractivity contribution in [2.75, 3.05) is 18.1 Å². The lowest BCUT2D eigenvalue weighted by molar-refractivity contribution is -0.144. The Labute approximate surface area is 112 Å². The Morgan fingerprint density at radius 3 is 2.44 bits per heavy atom. The standard InChI is InChI=1S/C13H21NO3S/c1-2-8-18-9-7-14-12(15)10-3-5-11(6-4-10)13(16)17/h2,10-11H,1,3-9H2,(H,14,15)(H,16,17). The highest BCUT2D eigenvalue weighted by atomic mass is 32.2. The highest BCUT2D eigenvalue weighted by Gasteiger charge is 2.29. The first-order chi connectivity index (χ1) is 8.65. The molecule has 1 aliphatic carbocycles. The van der Waals surface area contributed by atoms with Crippen LogP contribution in [-0.4, -0.2) is 35.0 Å². The van der Waals surface area contributed by atoms with E-state index in [1.165, 1.54) is 0 Å². The average molecular weight is 271 g/mol. The summed E-state index contributed by atoms with van der Waals surface area (Å²) in [6.07, 6.45) is 4.49. The van der Waals surface area contributed by atoms with Crippen molar-refractivity contribution in [2.45, 2.75) is 25.7 Å². The van der Waals surface area contributed by atoms with E-state index in [-0.39, 0.29) is 17.7 Å². The maximum atomic E-state index is 11.8. The fraction of sp³-hybridized carbons (Fsp3) is 0.692. The normalized spacial score (nSPS) is 23.3. The zero-order valence-electron chi connectivity index (χ0n) is 10.6. The third-order valence-electron chi connectivity index (χ3n) is 3.23. The van der Waals surface area contributed by atoms with E-state index in [2.05, 4.69) is 11.9 Å². The first-order valence-electron chi connectivity index (χ1n) is 6.34. The molecule has 18 heavy (non-hydrogen) atoms. The topological polar surface area (TPSA) is 66.4 Å². The van der Waals surface area contributed by atoms with Crippen molar-refractivity contribution < 1.29 is 14.7 Å². The van der Waals surface area contributed by atoms with Crippen LogP contribution in [0.15, 0.2) is 12.7 Å². The summed E-state index contributed by atoms with van der Waals surface area (Å²) in [5.74, 6) is 0.900. The lowest BCUT2D eigenvalue weighted by atomic mass is 9.81. The van der Waals surface area contributed by atoms with Crippen molar-refractivity contribution >= 4 is 23.6 Å². The van der Waals surface area contributed by atoms with Crippen LogP contribution in [0.5, 0.6) is 0 Å².